The van der Waals surface area contributed by atoms with Gasteiger partial charge in [-0.05, 0) is 18.9 Å². The van der Waals surface area contributed by atoms with E-state index in [1.807, 2.05) is 0 Å². The van der Waals surface area contributed by atoms with Crippen LogP contribution in [0.4, 0.5) is 8.78 Å². The van der Waals surface area contributed by atoms with Crippen molar-refractivity contribution in [1.82, 2.24) is 0 Å². The van der Waals surface area contributed by atoms with E-state index in [2.05, 4.69) is 0 Å². The Kier molecular flexibility index (Phi) is 3.33. The molecule has 1 saturated carbocycles. The predicted octanol–water partition coefficient (Wildman–Crippen LogP) is 3.45. The summed E-state index contributed by atoms with van der Waals surface area (Å²) in [5, 5.41) is 9.84. The molecular formula is C13H17F2NO. The van der Waals surface area contributed by atoms with E-state index in [0.717, 1.165) is 38.2 Å². The van der Waals surface area contributed by atoms with Gasteiger partial charge in [-0.15, -0.1) is 0 Å². The van der Waals surface area contributed by atoms with Crippen molar-refractivity contribution < 1.29 is 13.9 Å². The molecule has 0 saturated heterocycles. The van der Waals surface area contributed by atoms with E-state index in [0.29, 0.717) is 5.56 Å². The second-order valence-electron chi connectivity index (χ2n) is 4.79. The Hall–Kier alpha value is -1.16. The normalized spacial score (nSPS) is 19.5. The van der Waals surface area contributed by atoms with Crippen molar-refractivity contribution in [3.8, 4) is 5.75 Å². The summed E-state index contributed by atoms with van der Waals surface area (Å²) >= 11 is 0. The number of halogens is 2. The number of benzene rings is 1. The fraction of sp³-hybridized carbons (Fsp3) is 0.538. The molecule has 94 valence electrons. The summed E-state index contributed by atoms with van der Waals surface area (Å²) in [6, 6.07) is 4.02. The van der Waals surface area contributed by atoms with Crippen LogP contribution in [0, 0.1) is 0 Å². The van der Waals surface area contributed by atoms with E-state index in [-0.39, 0.29) is 11.3 Å². The Labute approximate surface area is 99.4 Å². The highest BCUT2D eigenvalue weighted by Crippen LogP contribution is 2.39. The minimum Gasteiger partial charge on any atom is -0.508 e. The lowest BCUT2D eigenvalue weighted by Gasteiger charge is -2.34. The summed E-state index contributed by atoms with van der Waals surface area (Å²) in [6.45, 7) is 0. The molecule has 0 aliphatic heterocycles. The molecule has 3 N–H and O–H groups in total. The van der Waals surface area contributed by atoms with Crippen molar-refractivity contribution in [2.75, 3.05) is 0 Å². The monoisotopic (exact) mass is 241 g/mol. The average Bonchev–Trinajstić information content (AvgIpc) is 2.29. The fourth-order valence-corrected chi connectivity index (χ4v) is 2.56. The first-order valence-electron chi connectivity index (χ1n) is 5.93. The molecule has 0 atom stereocenters. The summed E-state index contributed by atoms with van der Waals surface area (Å²) in [6.07, 6.45) is 2.23. The van der Waals surface area contributed by atoms with Gasteiger partial charge in [-0.25, -0.2) is 8.78 Å². The van der Waals surface area contributed by atoms with Gasteiger partial charge in [0.25, 0.3) is 6.43 Å². The largest absolute Gasteiger partial charge is 0.508 e. The van der Waals surface area contributed by atoms with Gasteiger partial charge in [-0.1, -0.05) is 31.4 Å². The quantitative estimate of drug-likeness (QED) is 0.833. The van der Waals surface area contributed by atoms with Crippen LogP contribution in [0.1, 0.15) is 49.7 Å². The van der Waals surface area contributed by atoms with Crippen molar-refractivity contribution >= 4 is 0 Å². The summed E-state index contributed by atoms with van der Waals surface area (Å²) in [5.41, 5.74) is 6.14. The van der Waals surface area contributed by atoms with Crippen LogP contribution in [0.3, 0.4) is 0 Å². The highest BCUT2D eigenvalue weighted by Gasteiger charge is 2.32. The number of phenolic OH excluding ortho intramolecular Hbond substituents is 1. The zero-order valence-electron chi connectivity index (χ0n) is 9.63. The number of hydrogen-bond acceptors (Lipinski definition) is 2. The Morgan fingerprint density at radius 1 is 1.18 bits per heavy atom. The third-order valence-electron chi connectivity index (χ3n) is 3.56. The molecule has 0 amide bonds. The molecule has 2 nitrogen and oxygen atoms in total. The molecular weight excluding hydrogens is 224 g/mol. The zero-order chi connectivity index (χ0) is 12.5. The lowest BCUT2D eigenvalue weighted by molar-refractivity contribution is 0.151. The van der Waals surface area contributed by atoms with E-state index in [1.54, 1.807) is 6.07 Å². The number of nitrogens with two attached hydrogens (primary N) is 1. The Bertz CT molecular complexity index is 400. The van der Waals surface area contributed by atoms with Crippen LogP contribution in [0.5, 0.6) is 5.75 Å². The number of rotatable bonds is 2. The summed E-state index contributed by atoms with van der Waals surface area (Å²) in [7, 11) is 0. The van der Waals surface area contributed by atoms with E-state index < -0.39 is 12.0 Å². The molecule has 0 unspecified atom stereocenters. The highest BCUT2D eigenvalue weighted by atomic mass is 19.3. The zero-order valence-corrected chi connectivity index (χ0v) is 9.63. The predicted molar refractivity (Wildman–Crippen MR) is 62.0 cm³/mol. The van der Waals surface area contributed by atoms with Crippen LogP contribution < -0.4 is 5.73 Å². The molecule has 4 heteroatoms. The summed E-state index contributed by atoms with van der Waals surface area (Å²) in [5.74, 6) is -0.104. The molecule has 1 aliphatic carbocycles. The Morgan fingerprint density at radius 3 is 2.35 bits per heavy atom. The first-order chi connectivity index (χ1) is 8.03. The van der Waals surface area contributed by atoms with Gasteiger partial charge < -0.3 is 10.8 Å². The van der Waals surface area contributed by atoms with Crippen molar-refractivity contribution in [2.45, 2.75) is 44.1 Å². The molecule has 0 bridgehead atoms. The summed E-state index contributed by atoms with van der Waals surface area (Å²) < 4.78 is 24.9. The SMILES string of the molecule is NC1(c2ccc(C(F)F)cc2O)CCCCC1. The molecule has 1 aromatic rings. The maximum atomic E-state index is 12.5. The van der Waals surface area contributed by atoms with Crippen LogP contribution in [0.15, 0.2) is 18.2 Å². The van der Waals surface area contributed by atoms with Gasteiger partial charge in [0.1, 0.15) is 5.75 Å². The number of aromatic hydroxyl groups is 1. The average molecular weight is 241 g/mol. The van der Waals surface area contributed by atoms with Crippen LogP contribution >= 0.6 is 0 Å². The molecule has 17 heavy (non-hydrogen) atoms. The topological polar surface area (TPSA) is 46.2 Å². The maximum Gasteiger partial charge on any atom is 0.263 e. The van der Waals surface area contributed by atoms with Gasteiger partial charge in [0, 0.05) is 16.7 Å². The molecule has 0 spiro atoms. The second-order valence-corrected chi connectivity index (χ2v) is 4.79. The van der Waals surface area contributed by atoms with Crippen molar-refractivity contribution in [3.63, 3.8) is 0 Å². The van der Waals surface area contributed by atoms with Crippen LogP contribution in [0.2, 0.25) is 0 Å². The molecule has 0 radical (unpaired) electrons. The van der Waals surface area contributed by atoms with E-state index in [9.17, 15) is 13.9 Å². The van der Waals surface area contributed by atoms with Crippen LogP contribution in [-0.4, -0.2) is 5.11 Å². The van der Waals surface area contributed by atoms with Gasteiger partial charge in [0.05, 0.1) is 0 Å². The number of alkyl halides is 2. The number of hydrogen-bond donors (Lipinski definition) is 2. The van der Waals surface area contributed by atoms with Gasteiger partial charge in [0.2, 0.25) is 0 Å². The molecule has 1 aliphatic rings. The second kappa shape index (κ2) is 4.61. The molecule has 1 aromatic carbocycles. The summed E-state index contributed by atoms with van der Waals surface area (Å²) in [4.78, 5) is 0. The maximum absolute atomic E-state index is 12.5. The standard InChI is InChI=1S/C13H17F2NO/c14-12(15)9-4-5-10(11(17)8-9)13(16)6-2-1-3-7-13/h4-5,8,12,17H,1-3,6-7,16H2. The minimum atomic E-state index is -2.56. The third kappa shape index (κ3) is 2.41. The number of phenols is 1. The van der Waals surface area contributed by atoms with Crippen molar-refractivity contribution in [1.29, 1.82) is 0 Å². The van der Waals surface area contributed by atoms with E-state index in [1.165, 1.54) is 6.07 Å². The van der Waals surface area contributed by atoms with Crippen molar-refractivity contribution in [3.05, 3.63) is 29.3 Å². The van der Waals surface area contributed by atoms with Gasteiger partial charge in [-0.3, -0.25) is 0 Å². The van der Waals surface area contributed by atoms with Gasteiger partial charge in [0.15, 0.2) is 0 Å². The van der Waals surface area contributed by atoms with E-state index in [4.69, 9.17) is 5.73 Å². The lowest BCUT2D eigenvalue weighted by atomic mass is 9.77. The van der Waals surface area contributed by atoms with Crippen LogP contribution in [-0.2, 0) is 5.54 Å². The molecule has 0 aromatic heterocycles. The molecule has 2 rings (SSSR count). The van der Waals surface area contributed by atoms with E-state index >= 15 is 0 Å². The minimum absolute atomic E-state index is 0.104. The molecule has 0 heterocycles. The Morgan fingerprint density at radius 2 is 1.82 bits per heavy atom. The first-order valence-corrected chi connectivity index (χ1v) is 5.93. The fourth-order valence-electron chi connectivity index (χ4n) is 2.56. The lowest BCUT2D eigenvalue weighted by Crippen LogP contribution is -2.38. The Balaban J connectivity index is 2.32. The third-order valence-corrected chi connectivity index (χ3v) is 3.56. The van der Waals surface area contributed by atoms with Gasteiger partial charge in [-0.2, -0.15) is 0 Å². The first kappa shape index (κ1) is 12.3. The highest BCUT2D eigenvalue weighted by molar-refractivity contribution is 5.41. The molecule has 1 fully saturated rings. The van der Waals surface area contributed by atoms with Crippen molar-refractivity contribution in [2.24, 2.45) is 5.73 Å². The van der Waals surface area contributed by atoms with Crippen LogP contribution in [0.25, 0.3) is 0 Å². The van der Waals surface area contributed by atoms with Gasteiger partial charge >= 0.3 is 0 Å². The smallest absolute Gasteiger partial charge is 0.263 e.